The van der Waals surface area contributed by atoms with Crippen LogP contribution in [0.3, 0.4) is 0 Å². The molecule has 0 bridgehead atoms. The highest BCUT2D eigenvalue weighted by Crippen LogP contribution is 2.15. The van der Waals surface area contributed by atoms with Gasteiger partial charge in [-0.25, -0.2) is 5.43 Å². The predicted octanol–water partition coefficient (Wildman–Crippen LogP) is 2.83. The number of nitrogens with one attached hydrogen (secondary N) is 2. The van der Waals surface area contributed by atoms with Gasteiger partial charge in [0.05, 0.1) is 18.0 Å². The summed E-state index contributed by atoms with van der Waals surface area (Å²) in [7, 11) is 0. The van der Waals surface area contributed by atoms with E-state index in [9.17, 15) is 4.79 Å². The number of nitrogens with zero attached hydrogens (tertiary/aromatic N) is 1. The Morgan fingerprint density at radius 1 is 1.35 bits per heavy atom. The van der Waals surface area contributed by atoms with Crippen molar-refractivity contribution in [1.29, 1.82) is 0 Å². The minimum atomic E-state index is -0.285. The molecule has 0 spiro atoms. The van der Waals surface area contributed by atoms with Crippen LogP contribution in [0, 0.1) is 6.92 Å². The lowest BCUT2D eigenvalue weighted by molar-refractivity contribution is 0.0953. The molecule has 0 saturated heterocycles. The Hall–Kier alpha value is -2.82. The van der Waals surface area contributed by atoms with Crippen molar-refractivity contribution >= 4 is 23.0 Å². The molecule has 20 heavy (non-hydrogen) atoms. The first-order valence-electron chi connectivity index (χ1n) is 6.19. The largest absolute Gasteiger partial charge is 0.469 e. The molecule has 0 fully saturated rings. The van der Waals surface area contributed by atoms with E-state index in [4.69, 9.17) is 4.42 Å². The molecule has 0 aliphatic heterocycles. The Bertz CT molecular complexity index is 783. The molecule has 1 aromatic carbocycles. The first-order valence-corrected chi connectivity index (χ1v) is 6.19. The molecule has 3 rings (SSSR count). The van der Waals surface area contributed by atoms with Crippen molar-refractivity contribution in [3.05, 3.63) is 59.7 Å². The van der Waals surface area contributed by atoms with Crippen LogP contribution in [0.4, 0.5) is 0 Å². The molecule has 3 aromatic rings. The van der Waals surface area contributed by atoms with Crippen molar-refractivity contribution in [1.82, 2.24) is 10.4 Å². The third-order valence-corrected chi connectivity index (χ3v) is 3.09. The molecule has 100 valence electrons. The first kappa shape index (κ1) is 12.2. The maximum absolute atomic E-state index is 11.8. The molecule has 1 amide bonds. The molecule has 2 N–H and O–H groups in total. The third-order valence-electron chi connectivity index (χ3n) is 3.09. The molecule has 5 nitrogen and oxygen atoms in total. The van der Waals surface area contributed by atoms with E-state index in [0.29, 0.717) is 11.3 Å². The van der Waals surface area contributed by atoms with E-state index in [-0.39, 0.29) is 5.91 Å². The van der Waals surface area contributed by atoms with Crippen LogP contribution in [0.25, 0.3) is 10.9 Å². The fourth-order valence-electron chi connectivity index (χ4n) is 2.04. The Labute approximate surface area is 115 Å². The van der Waals surface area contributed by atoms with E-state index >= 15 is 0 Å². The number of carbonyl (C=O) groups excluding carboxylic acids is 1. The number of para-hydroxylation sites is 1. The summed E-state index contributed by atoms with van der Waals surface area (Å²) in [6.45, 7) is 1.73. The highest BCUT2D eigenvalue weighted by Gasteiger charge is 2.09. The van der Waals surface area contributed by atoms with E-state index in [1.165, 1.54) is 6.26 Å². The van der Waals surface area contributed by atoms with E-state index in [0.717, 1.165) is 16.5 Å². The normalized spacial score (nSPS) is 11.2. The van der Waals surface area contributed by atoms with Crippen LogP contribution in [0.5, 0.6) is 0 Å². The van der Waals surface area contributed by atoms with Gasteiger partial charge in [-0.2, -0.15) is 5.10 Å². The lowest BCUT2D eigenvalue weighted by Gasteiger charge is -1.97. The summed E-state index contributed by atoms with van der Waals surface area (Å²) in [6.07, 6.45) is 4.95. The topological polar surface area (TPSA) is 70.4 Å². The lowest BCUT2D eigenvalue weighted by atomic mass is 10.2. The zero-order valence-electron chi connectivity index (χ0n) is 10.9. The number of hydrogen-bond donors (Lipinski definition) is 2. The second-order valence-electron chi connectivity index (χ2n) is 4.38. The molecule has 2 aromatic heterocycles. The number of benzene rings is 1. The number of rotatable bonds is 3. The highest BCUT2D eigenvalue weighted by molar-refractivity contribution is 6.00. The number of aryl methyl sites for hydroxylation is 1. The van der Waals surface area contributed by atoms with Crippen molar-refractivity contribution in [2.45, 2.75) is 6.92 Å². The van der Waals surface area contributed by atoms with Crippen molar-refractivity contribution in [2.75, 3.05) is 0 Å². The minimum Gasteiger partial charge on any atom is -0.469 e. The lowest BCUT2D eigenvalue weighted by Crippen LogP contribution is -2.17. The van der Waals surface area contributed by atoms with Crippen LogP contribution in [-0.4, -0.2) is 17.1 Å². The minimum absolute atomic E-state index is 0.285. The average molecular weight is 267 g/mol. The smallest absolute Gasteiger partial charge is 0.274 e. The second kappa shape index (κ2) is 5.05. The zero-order valence-corrected chi connectivity index (χ0v) is 10.9. The molecule has 5 heteroatoms. The maximum atomic E-state index is 11.8. The molecule has 0 aliphatic rings. The Morgan fingerprint density at radius 3 is 3.00 bits per heavy atom. The number of H-pyrrole nitrogens is 1. The van der Waals surface area contributed by atoms with Crippen LogP contribution < -0.4 is 5.43 Å². The number of hydrazone groups is 1. The van der Waals surface area contributed by atoms with Gasteiger partial charge in [-0.05, 0) is 19.1 Å². The third kappa shape index (κ3) is 2.21. The average Bonchev–Trinajstić information content (AvgIpc) is 3.05. The van der Waals surface area contributed by atoms with E-state index in [2.05, 4.69) is 15.5 Å². The summed E-state index contributed by atoms with van der Waals surface area (Å²) in [5.41, 5.74) is 4.93. The van der Waals surface area contributed by atoms with Crippen LogP contribution in [0.2, 0.25) is 0 Å². The molecule has 0 radical (unpaired) electrons. The highest BCUT2D eigenvalue weighted by atomic mass is 16.3. The number of aromatic amines is 1. The van der Waals surface area contributed by atoms with Crippen LogP contribution in [0.1, 0.15) is 21.7 Å². The van der Waals surface area contributed by atoms with Gasteiger partial charge < -0.3 is 9.40 Å². The van der Waals surface area contributed by atoms with Gasteiger partial charge in [0, 0.05) is 22.7 Å². The molecule has 0 unspecified atom stereocenters. The predicted molar refractivity (Wildman–Crippen MR) is 76.8 cm³/mol. The van der Waals surface area contributed by atoms with Gasteiger partial charge in [-0.1, -0.05) is 18.2 Å². The number of carbonyl (C=O) groups is 1. The summed E-state index contributed by atoms with van der Waals surface area (Å²) in [5.74, 6) is 0.289. The van der Waals surface area contributed by atoms with Crippen molar-refractivity contribution < 1.29 is 9.21 Å². The Balaban J connectivity index is 1.75. The maximum Gasteiger partial charge on any atom is 0.274 e. The van der Waals surface area contributed by atoms with Gasteiger partial charge in [-0.3, -0.25) is 4.79 Å². The van der Waals surface area contributed by atoms with Gasteiger partial charge in [0.15, 0.2) is 0 Å². The number of furan rings is 1. The summed E-state index contributed by atoms with van der Waals surface area (Å²) in [6, 6.07) is 9.52. The number of fused-ring (bicyclic) bond motifs is 1. The monoisotopic (exact) mass is 267 g/mol. The summed E-state index contributed by atoms with van der Waals surface area (Å²) in [5, 5.41) is 5.03. The second-order valence-corrected chi connectivity index (χ2v) is 4.38. The summed E-state index contributed by atoms with van der Waals surface area (Å²) >= 11 is 0. The number of aromatic nitrogens is 1. The van der Waals surface area contributed by atoms with E-state index in [1.807, 2.05) is 30.5 Å². The van der Waals surface area contributed by atoms with Crippen molar-refractivity contribution in [3.63, 3.8) is 0 Å². The van der Waals surface area contributed by atoms with Gasteiger partial charge in [0.25, 0.3) is 5.91 Å². The molecule has 0 atom stereocenters. The van der Waals surface area contributed by atoms with Crippen LogP contribution in [0.15, 0.2) is 52.3 Å². The van der Waals surface area contributed by atoms with Gasteiger partial charge >= 0.3 is 0 Å². The van der Waals surface area contributed by atoms with Crippen molar-refractivity contribution in [3.8, 4) is 0 Å². The van der Waals surface area contributed by atoms with Crippen molar-refractivity contribution in [2.24, 2.45) is 5.10 Å². The van der Waals surface area contributed by atoms with Gasteiger partial charge in [0.2, 0.25) is 0 Å². The summed E-state index contributed by atoms with van der Waals surface area (Å²) in [4.78, 5) is 15.0. The molecular weight excluding hydrogens is 254 g/mol. The summed E-state index contributed by atoms with van der Waals surface area (Å²) < 4.78 is 5.08. The molecular formula is C15H13N3O2. The van der Waals surface area contributed by atoms with Gasteiger partial charge in [-0.15, -0.1) is 0 Å². The number of amides is 1. The molecule has 0 aliphatic carbocycles. The SMILES string of the molecule is Cc1occc1C(=O)N/N=C\c1c[nH]c2ccccc12. The molecule has 0 saturated carbocycles. The van der Waals surface area contributed by atoms with E-state index < -0.39 is 0 Å². The van der Waals surface area contributed by atoms with Crippen LogP contribution in [-0.2, 0) is 0 Å². The Morgan fingerprint density at radius 2 is 2.20 bits per heavy atom. The quantitative estimate of drug-likeness (QED) is 0.566. The number of hydrogen-bond acceptors (Lipinski definition) is 3. The fraction of sp³-hybridized carbons (Fsp3) is 0.0667. The first-order chi connectivity index (χ1) is 9.75. The Kier molecular flexibility index (Phi) is 3.09. The van der Waals surface area contributed by atoms with Crippen LogP contribution >= 0.6 is 0 Å². The molecule has 2 heterocycles. The van der Waals surface area contributed by atoms with Gasteiger partial charge in [0.1, 0.15) is 5.76 Å². The standard InChI is InChI=1S/C15H13N3O2/c1-10-12(6-7-20-10)15(19)18-17-9-11-8-16-14-5-3-2-4-13(11)14/h2-9,16H,1H3,(H,18,19)/b17-9-. The van der Waals surface area contributed by atoms with E-state index in [1.54, 1.807) is 19.2 Å². The zero-order chi connectivity index (χ0) is 13.9. The fourth-order valence-corrected chi connectivity index (χ4v) is 2.04.